The molecule has 0 saturated heterocycles. The number of carboxylic acid groups (broad SMARTS) is 1. The molecule has 0 saturated carbocycles. The van der Waals surface area contributed by atoms with Crippen molar-refractivity contribution < 1.29 is 14.6 Å². The Bertz CT molecular complexity index is 1140. The van der Waals surface area contributed by atoms with Gasteiger partial charge in [0.1, 0.15) is 10.1 Å². The van der Waals surface area contributed by atoms with Crippen LogP contribution >= 0.6 is 23.1 Å². The van der Waals surface area contributed by atoms with Gasteiger partial charge in [0.25, 0.3) is 5.56 Å². The Labute approximate surface area is 182 Å². The fourth-order valence-corrected chi connectivity index (χ4v) is 5.58. The van der Waals surface area contributed by atoms with Crippen LogP contribution in [0.3, 0.4) is 0 Å². The molecule has 1 aliphatic heterocycles. The normalized spacial score (nSPS) is 17.3. The summed E-state index contributed by atoms with van der Waals surface area (Å²) in [6.45, 7) is 6.70. The average Bonchev–Trinajstić information content (AvgIpc) is 3.09. The fraction of sp³-hybridized carbons (Fsp3) is 0.409. The van der Waals surface area contributed by atoms with Crippen LogP contribution in [-0.4, -0.2) is 32.0 Å². The molecule has 1 N–H and O–H groups in total. The monoisotopic (exact) mass is 444 g/mol. The molecule has 8 heteroatoms. The number of carboxylic acids is 1. The molecule has 158 valence electrons. The van der Waals surface area contributed by atoms with E-state index in [0.717, 1.165) is 27.8 Å². The van der Waals surface area contributed by atoms with E-state index in [9.17, 15) is 14.7 Å². The number of nitrogens with zero attached hydrogens (tertiary/aromatic N) is 2. The second-order valence-corrected chi connectivity index (χ2v) is 10.2. The molecule has 2 aromatic heterocycles. The maximum atomic E-state index is 13.6. The van der Waals surface area contributed by atoms with Crippen LogP contribution in [0.5, 0.6) is 0 Å². The molecule has 0 fully saturated rings. The minimum absolute atomic E-state index is 0.0818. The molecule has 0 unspecified atom stereocenters. The number of rotatable bonds is 6. The zero-order valence-electron chi connectivity index (χ0n) is 17.1. The Kier molecular flexibility index (Phi) is 5.99. The van der Waals surface area contributed by atoms with Crippen molar-refractivity contribution in [3.05, 3.63) is 56.7 Å². The molecule has 3 heterocycles. The maximum Gasteiger partial charge on any atom is 0.316 e. The summed E-state index contributed by atoms with van der Waals surface area (Å²) in [4.78, 5) is 31.5. The third-order valence-corrected chi connectivity index (χ3v) is 7.53. The first kappa shape index (κ1) is 21.1. The number of thiophene rings is 1. The predicted octanol–water partition coefficient (Wildman–Crippen LogP) is 4.17. The molecule has 1 aliphatic rings. The van der Waals surface area contributed by atoms with Crippen molar-refractivity contribution in [2.75, 3.05) is 0 Å². The minimum atomic E-state index is -0.931. The van der Waals surface area contributed by atoms with E-state index in [1.165, 1.54) is 11.3 Å². The Morgan fingerprint density at radius 3 is 2.73 bits per heavy atom. The number of ether oxygens (including phenoxy) is 1. The lowest BCUT2D eigenvalue weighted by atomic mass is 9.96. The Morgan fingerprint density at radius 1 is 1.33 bits per heavy atom. The zero-order valence-corrected chi connectivity index (χ0v) is 18.8. The quantitative estimate of drug-likeness (QED) is 0.454. The molecule has 6 nitrogen and oxygen atoms in total. The third kappa shape index (κ3) is 4.04. The summed E-state index contributed by atoms with van der Waals surface area (Å²) in [6.07, 6.45) is 0.783. The maximum absolute atomic E-state index is 13.6. The first-order chi connectivity index (χ1) is 14.3. The van der Waals surface area contributed by atoms with Crippen LogP contribution in [-0.2, 0) is 29.1 Å². The fourth-order valence-electron chi connectivity index (χ4n) is 3.57. The highest BCUT2D eigenvalue weighted by Gasteiger charge is 2.29. The summed E-state index contributed by atoms with van der Waals surface area (Å²) in [6, 6.07) is 9.69. The van der Waals surface area contributed by atoms with Crippen LogP contribution in [0.4, 0.5) is 0 Å². The SMILES string of the molecule is CC(C)[C@@H]1Cc2c(sc3nc(S[C@H](C)C(=O)O)n(Cc4ccccc4)c(=O)c23)CO1. The molecular formula is C22H24N2O4S2. The van der Waals surface area contributed by atoms with Crippen molar-refractivity contribution in [1.82, 2.24) is 9.55 Å². The van der Waals surface area contributed by atoms with E-state index >= 15 is 0 Å². The van der Waals surface area contributed by atoms with E-state index < -0.39 is 11.2 Å². The Morgan fingerprint density at radius 2 is 2.07 bits per heavy atom. The van der Waals surface area contributed by atoms with Gasteiger partial charge in [-0.3, -0.25) is 14.2 Å². The third-order valence-electron chi connectivity index (χ3n) is 5.35. The summed E-state index contributed by atoms with van der Waals surface area (Å²) in [7, 11) is 0. The van der Waals surface area contributed by atoms with Gasteiger partial charge in [0.05, 0.1) is 24.6 Å². The lowest BCUT2D eigenvalue weighted by Crippen LogP contribution is -2.29. The highest BCUT2D eigenvalue weighted by Crippen LogP contribution is 2.36. The molecule has 1 aromatic carbocycles. The van der Waals surface area contributed by atoms with Gasteiger partial charge in [-0.05, 0) is 24.0 Å². The van der Waals surface area contributed by atoms with Gasteiger partial charge in [-0.25, -0.2) is 4.98 Å². The van der Waals surface area contributed by atoms with Crippen molar-refractivity contribution >= 4 is 39.3 Å². The molecule has 0 aliphatic carbocycles. The van der Waals surface area contributed by atoms with Gasteiger partial charge in [-0.2, -0.15) is 0 Å². The average molecular weight is 445 g/mol. The van der Waals surface area contributed by atoms with Crippen molar-refractivity contribution in [3.63, 3.8) is 0 Å². The smallest absolute Gasteiger partial charge is 0.316 e. The van der Waals surface area contributed by atoms with Gasteiger partial charge >= 0.3 is 5.97 Å². The topological polar surface area (TPSA) is 81.4 Å². The van der Waals surface area contributed by atoms with Gasteiger partial charge in [0, 0.05) is 11.3 Å². The van der Waals surface area contributed by atoms with Gasteiger partial charge in [0.2, 0.25) is 0 Å². The standard InChI is InChI=1S/C22H24N2O4S2/c1-12(2)16-9-15-17(11-28-16)30-19-18(15)20(25)24(10-14-7-5-4-6-8-14)22(23-19)29-13(3)21(26)27/h4-8,12-13,16H,9-11H2,1-3H3,(H,26,27)/t13-,16+/m1/s1. The van der Waals surface area contributed by atoms with Crippen molar-refractivity contribution in [3.8, 4) is 0 Å². The van der Waals surface area contributed by atoms with Gasteiger partial charge in [0.15, 0.2) is 5.16 Å². The molecule has 3 aromatic rings. The van der Waals surface area contributed by atoms with Crippen molar-refractivity contribution in [1.29, 1.82) is 0 Å². The van der Waals surface area contributed by atoms with Crippen molar-refractivity contribution in [2.45, 2.75) is 56.9 Å². The predicted molar refractivity (Wildman–Crippen MR) is 119 cm³/mol. The number of benzene rings is 1. The molecular weight excluding hydrogens is 420 g/mol. The molecule has 30 heavy (non-hydrogen) atoms. The number of thioether (sulfide) groups is 1. The van der Waals surface area contributed by atoms with E-state index in [1.54, 1.807) is 11.5 Å². The minimum Gasteiger partial charge on any atom is -0.480 e. The van der Waals surface area contributed by atoms with E-state index in [0.29, 0.717) is 40.9 Å². The summed E-state index contributed by atoms with van der Waals surface area (Å²) < 4.78 is 7.60. The van der Waals surface area contributed by atoms with Crippen LogP contribution in [0.1, 0.15) is 36.8 Å². The number of aromatic nitrogens is 2. The van der Waals surface area contributed by atoms with Crippen LogP contribution in [0, 0.1) is 5.92 Å². The Balaban J connectivity index is 1.86. The van der Waals surface area contributed by atoms with Crippen molar-refractivity contribution in [2.24, 2.45) is 5.92 Å². The Hall–Kier alpha value is -2.16. The van der Waals surface area contributed by atoms with Gasteiger partial charge < -0.3 is 9.84 Å². The highest BCUT2D eigenvalue weighted by molar-refractivity contribution is 8.00. The number of hydrogen-bond donors (Lipinski definition) is 1. The summed E-state index contributed by atoms with van der Waals surface area (Å²) in [5.41, 5.74) is 1.91. The highest BCUT2D eigenvalue weighted by atomic mass is 32.2. The van der Waals surface area contributed by atoms with E-state index in [2.05, 4.69) is 13.8 Å². The van der Waals surface area contributed by atoms with Crippen LogP contribution in [0.25, 0.3) is 10.2 Å². The number of carbonyl (C=O) groups is 1. The number of hydrogen-bond acceptors (Lipinski definition) is 6. The lowest BCUT2D eigenvalue weighted by molar-refractivity contribution is -0.136. The second-order valence-electron chi connectivity index (χ2n) is 7.85. The van der Waals surface area contributed by atoms with Gasteiger partial charge in [-0.15, -0.1) is 11.3 Å². The summed E-state index contributed by atoms with van der Waals surface area (Å²) in [5, 5.41) is 9.76. The molecule has 0 amide bonds. The molecule has 2 atom stereocenters. The number of aliphatic carboxylic acids is 1. The number of fused-ring (bicyclic) bond motifs is 3. The van der Waals surface area contributed by atoms with E-state index in [4.69, 9.17) is 9.72 Å². The van der Waals surface area contributed by atoms with Gasteiger partial charge in [-0.1, -0.05) is 55.9 Å². The molecule has 0 bridgehead atoms. The van der Waals surface area contributed by atoms with Crippen LogP contribution in [0.2, 0.25) is 0 Å². The van der Waals surface area contributed by atoms with E-state index in [1.807, 2.05) is 30.3 Å². The first-order valence-electron chi connectivity index (χ1n) is 9.95. The van der Waals surface area contributed by atoms with Crippen LogP contribution in [0.15, 0.2) is 40.3 Å². The second kappa shape index (κ2) is 8.53. The summed E-state index contributed by atoms with van der Waals surface area (Å²) in [5.74, 6) is -0.571. The van der Waals surface area contributed by atoms with E-state index in [-0.39, 0.29) is 11.7 Å². The lowest BCUT2D eigenvalue weighted by Gasteiger charge is -2.26. The molecule has 4 rings (SSSR count). The summed E-state index contributed by atoms with van der Waals surface area (Å²) >= 11 is 2.59. The molecule has 0 spiro atoms. The van der Waals surface area contributed by atoms with Crippen LogP contribution < -0.4 is 5.56 Å². The zero-order chi connectivity index (χ0) is 21.4. The molecule has 0 radical (unpaired) electrons. The first-order valence-corrected chi connectivity index (χ1v) is 11.6. The largest absolute Gasteiger partial charge is 0.480 e.